The van der Waals surface area contributed by atoms with E-state index >= 15 is 0 Å². The fourth-order valence-corrected chi connectivity index (χ4v) is 4.24. The second-order valence-electron chi connectivity index (χ2n) is 7.76. The Morgan fingerprint density at radius 1 is 1.26 bits per heavy atom. The summed E-state index contributed by atoms with van der Waals surface area (Å²) in [5.74, 6) is 0.540. The summed E-state index contributed by atoms with van der Waals surface area (Å²) in [5, 5.41) is 8.05. The van der Waals surface area contributed by atoms with Gasteiger partial charge in [-0.15, -0.1) is 0 Å². The summed E-state index contributed by atoms with van der Waals surface area (Å²) in [4.78, 5) is 14.8. The summed E-state index contributed by atoms with van der Waals surface area (Å²) in [5.41, 5.74) is 4.45. The largest absolute Gasteiger partial charge is 0.336 e. The molecule has 27 heavy (non-hydrogen) atoms. The van der Waals surface area contributed by atoms with Gasteiger partial charge in [-0.25, -0.2) is 4.39 Å². The lowest BCUT2D eigenvalue weighted by atomic mass is 9.93. The van der Waals surface area contributed by atoms with Crippen LogP contribution in [0.5, 0.6) is 0 Å². The normalized spacial score (nSPS) is 17.8. The molecular weight excluding hydrogens is 343 g/mol. The third-order valence-electron chi connectivity index (χ3n) is 5.86. The first-order valence-electron chi connectivity index (χ1n) is 9.88. The molecule has 0 atom stereocenters. The Bertz CT molecular complexity index is 808. The molecule has 0 saturated carbocycles. The highest BCUT2D eigenvalue weighted by atomic mass is 19.1. The lowest BCUT2D eigenvalue weighted by Gasteiger charge is -2.30. The highest BCUT2D eigenvalue weighted by Gasteiger charge is 2.28. The SMILES string of the molecule is Cc1nn(Cc2ccc(F)cc2)c2c1CCN(C(=O)CC1CCNCC1)C2. The summed E-state index contributed by atoms with van der Waals surface area (Å²) in [6.45, 7) is 6.08. The van der Waals surface area contributed by atoms with Gasteiger partial charge in [0.2, 0.25) is 5.91 Å². The van der Waals surface area contributed by atoms with E-state index in [1.807, 2.05) is 16.5 Å². The number of hydrogen-bond acceptors (Lipinski definition) is 3. The van der Waals surface area contributed by atoms with Gasteiger partial charge in [0.1, 0.15) is 5.82 Å². The van der Waals surface area contributed by atoms with Gasteiger partial charge >= 0.3 is 0 Å². The van der Waals surface area contributed by atoms with Gasteiger partial charge in [-0.3, -0.25) is 9.48 Å². The van der Waals surface area contributed by atoms with Crippen molar-refractivity contribution in [3.63, 3.8) is 0 Å². The first kappa shape index (κ1) is 18.2. The van der Waals surface area contributed by atoms with Crippen molar-refractivity contribution in [2.24, 2.45) is 5.92 Å². The third kappa shape index (κ3) is 4.05. The molecule has 1 amide bonds. The molecule has 0 spiro atoms. The number of nitrogens with zero attached hydrogens (tertiary/aromatic N) is 3. The zero-order chi connectivity index (χ0) is 18.8. The third-order valence-corrected chi connectivity index (χ3v) is 5.86. The standard InChI is InChI=1S/C21H27FN4O/c1-15-19-8-11-25(21(27)12-16-6-9-23-10-7-16)14-20(19)26(24-15)13-17-2-4-18(22)5-3-17/h2-5,16,23H,6-14H2,1H3. The van der Waals surface area contributed by atoms with E-state index in [0.717, 1.165) is 55.8 Å². The van der Waals surface area contributed by atoms with Crippen LogP contribution in [0.1, 0.15) is 41.8 Å². The summed E-state index contributed by atoms with van der Waals surface area (Å²) in [6.07, 6.45) is 3.70. The van der Waals surface area contributed by atoms with Crippen LogP contribution >= 0.6 is 0 Å². The van der Waals surface area contributed by atoms with E-state index in [-0.39, 0.29) is 11.7 Å². The second-order valence-corrected chi connectivity index (χ2v) is 7.76. The predicted octanol–water partition coefficient (Wildman–Crippen LogP) is 2.65. The highest BCUT2D eigenvalue weighted by molar-refractivity contribution is 5.76. The Morgan fingerprint density at radius 3 is 2.74 bits per heavy atom. The van der Waals surface area contributed by atoms with Crippen LogP contribution < -0.4 is 5.32 Å². The average Bonchev–Trinajstić information content (AvgIpc) is 2.99. The van der Waals surface area contributed by atoms with E-state index in [9.17, 15) is 9.18 Å². The maximum atomic E-state index is 13.2. The van der Waals surface area contributed by atoms with Gasteiger partial charge in [-0.05, 0) is 68.5 Å². The molecule has 5 nitrogen and oxygen atoms in total. The minimum absolute atomic E-state index is 0.230. The van der Waals surface area contributed by atoms with Crippen LogP contribution in [0.15, 0.2) is 24.3 Å². The van der Waals surface area contributed by atoms with Crippen LogP contribution in [0.4, 0.5) is 4.39 Å². The quantitative estimate of drug-likeness (QED) is 0.900. The van der Waals surface area contributed by atoms with Crippen molar-refractivity contribution in [3.8, 4) is 0 Å². The van der Waals surface area contributed by atoms with E-state index in [1.54, 1.807) is 12.1 Å². The fraction of sp³-hybridized carbons (Fsp3) is 0.524. The second kappa shape index (κ2) is 7.80. The van der Waals surface area contributed by atoms with Crippen LogP contribution in [-0.4, -0.2) is 40.2 Å². The number of rotatable bonds is 4. The molecule has 1 saturated heterocycles. The van der Waals surface area contributed by atoms with E-state index in [2.05, 4.69) is 5.32 Å². The van der Waals surface area contributed by atoms with Gasteiger partial charge in [0.05, 0.1) is 24.5 Å². The molecule has 3 heterocycles. The molecule has 0 aliphatic carbocycles. The van der Waals surface area contributed by atoms with Gasteiger partial charge in [-0.1, -0.05) is 12.1 Å². The minimum atomic E-state index is -0.230. The van der Waals surface area contributed by atoms with Crippen LogP contribution in [-0.2, 0) is 24.3 Å². The van der Waals surface area contributed by atoms with Crippen molar-refractivity contribution in [2.75, 3.05) is 19.6 Å². The molecule has 1 aromatic heterocycles. The van der Waals surface area contributed by atoms with Crippen LogP contribution in [0.2, 0.25) is 0 Å². The Morgan fingerprint density at radius 2 is 2.00 bits per heavy atom. The molecule has 0 unspecified atom stereocenters. The van der Waals surface area contributed by atoms with Crippen LogP contribution in [0.25, 0.3) is 0 Å². The van der Waals surface area contributed by atoms with Gasteiger partial charge in [0.15, 0.2) is 0 Å². The van der Waals surface area contributed by atoms with Gasteiger partial charge < -0.3 is 10.2 Å². The lowest BCUT2D eigenvalue weighted by Crippen LogP contribution is -2.39. The molecule has 4 rings (SSSR count). The maximum Gasteiger partial charge on any atom is 0.223 e. The number of halogens is 1. The van der Waals surface area contributed by atoms with Crippen molar-refractivity contribution in [2.45, 2.75) is 45.7 Å². The fourth-order valence-electron chi connectivity index (χ4n) is 4.24. The average molecular weight is 370 g/mol. The van der Waals surface area contributed by atoms with Gasteiger partial charge in [-0.2, -0.15) is 5.10 Å². The highest BCUT2D eigenvalue weighted by Crippen LogP contribution is 2.25. The number of piperidine rings is 1. The smallest absolute Gasteiger partial charge is 0.223 e. The van der Waals surface area contributed by atoms with Crippen LogP contribution in [0, 0.1) is 18.7 Å². The monoisotopic (exact) mass is 370 g/mol. The zero-order valence-electron chi connectivity index (χ0n) is 15.9. The van der Waals surface area contributed by atoms with Crippen molar-refractivity contribution in [1.82, 2.24) is 20.0 Å². The molecule has 0 bridgehead atoms. The van der Waals surface area contributed by atoms with E-state index in [1.165, 1.54) is 17.7 Å². The van der Waals surface area contributed by atoms with Crippen molar-refractivity contribution < 1.29 is 9.18 Å². The summed E-state index contributed by atoms with van der Waals surface area (Å²) >= 11 is 0. The molecule has 2 aliphatic heterocycles. The van der Waals surface area contributed by atoms with Gasteiger partial charge in [0.25, 0.3) is 0 Å². The lowest BCUT2D eigenvalue weighted by molar-refractivity contribution is -0.133. The number of nitrogens with one attached hydrogen (secondary N) is 1. The van der Waals surface area contributed by atoms with E-state index in [4.69, 9.17) is 5.10 Å². The molecule has 1 fully saturated rings. The van der Waals surface area contributed by atoms with Crippen molar-refractivity contribution in [3.05, 3.63) is 52.6 Å². The molecule has 1 N–H and O–H groups in total. The molecule has 6 heteroatoms. The number of hydrogen-bond donors (Lipinski definition) is 1. The van der Waals surface area contributed by atoms with E-state index < -0.39 is 0 Å². The molecule has 2 aliphatic rings. The molecule has 0 radical (unpaired) electrons. The van der Waals surface area contributed by atoms with Crippen molar-refractivity contribution in [1.29, 1.82) is 0 Å². The molecule has 1 aromatic carbocycles. The summed E-state index contributed by atoms with van der Waals surface area (Å²) < 4.78 is 15.2. The Hall–Kier alpha value is -2.21. The number of aryl methyl sites for hydroxylation is 1. The number of amides is 1. The Kier molecular flexibility index (Phi) is 5.25. The number of benzene rings is 1. The van der Waals surface area contributed by atoms with Gasteiger partial charge in [0, 0.05) is 13.0 Å². The van der Waals surface area contributed by atoms with Crippen LogP contribution in [0.3, 0.4) is 0 Å². The topological polar surface area (TPSA) is 50.2 Å². The molecular formula is C21H27FN4O. The Balaban J connectivity index is 1.47. The number of carbonyl (C=O) groups excluding carboxylic acids is 1. The Labute approximate surface area is 159 Å². The first-order valence-corrected chi connectivity index (χ1v) is 9.88. The molecule has 144 valence electrons. The minimum Gasteiger partial charge on any atom is -0.336 e. The first-order chi connectivity index (χ1) is 13.1. The van der Waals surface area contributed by atoms with Crippen molar-refractivity contribution >= 4 is 5.91 Å². The number of carbonyl (C=O) groups is 1. The molecule has 2 aromatic rings. The predicted molar refractivity (Wildman–Crippen MR) is 102 cm³/mol. The number of aromatic nitrogens is 2. The van der Waals surface area contributed by atoms with E-state index in [0.29, 0.717) is 25.4 Å². The number of fused-ring (bicyclic) bond motifs is 1. The maximum absolute atomic E-state index is 13.2. The zero-order valence-corrected chi connectivity index (χ0v) is 15.9. The summed E-state index contributed by atoms with van der Waals surface area (Å²) in [6, 6.07) is 6.54. The summed E-state index contributed by atoms with van der Waals surface area (Å²) in [7, 11) is 0.